The zero-order valence-corrected chi connectivity index (χ0v) is 12.0. The third kappa shape index (κ3) is 2.36. The highest BCUT2D eigenvalue weighted by Crippen LogP contribution is 2.24. The van der Waals surface area contributed by atoms with Crippen LogP contribution in [0.4, 0.5) is 0 Å². The molecular weight excluding hydrogens is 274 g/mol. The molecule has 0 N–H and O–H groups in total. The monoisotopic (exact) mass is 287 g/mol. The summed E-state index contributed by atoms with van der Waals surface area (Å²) in [6.07, 6.45) is 3.49. The average molecular weight is 288 g/mol. The van der Waals surface area contributed by atoms with Crippen molar-refractivity contribution in [2.75, 3.05) is 0 Å². The van der Waals surface area contributed by atoms with Gasteiger partial charge in [0.1, 0.15) is 11.3 Å². The molecule has 0 saturated heterocycles. The van der Waals surface area contributed by atoms with Crippen LogP contribution in [-0.2, 0) is 6.54 Å². The van der Waals surface area contributed by atoms with Gasteiger partial charge >= 0.3 is 0 Å². The van der Waals surface area contributed by atoms with Gasteiger partial charge in [0, 0.05) is 12.4 Å². The quantitative estimate of drug-likeness (QED) is 0.695. The van der Waals surface area contributed by atoms with Crippen molar-refractivity contribution >= 4 is 22.8 Å². The molecule has 5 nitrogen and oxygen atoms in total. The second-order valence-electron chi connectivity index (χ2n) is 4.74. The molecule has 0 spiro atoms. The standard InChI is InChI=1S/C14H14ClN5/c1-9-6-12-14(16-7-9)20(13(18-12)10(2)15)8-11-4-3-5-17-19-11/h3-7,10H,8H2,1-2H3. The van der Waals surface area contributed by atoms with Crippen molar-refractivity contribution in [1.82, 2.24) is 24.7 Å². The van der Waals surface area contributed by atoms with Crippen LogP contribution in [0.1, 0.15) is 29.4 Å². The van der Waals surface area contributed by atoms with E-state index in [0.29, 0.717) is 6.54 Å². The van der Waals surface area contributed by atoms with Crippen LogP contribution in [0.25, 0.3) is 11.2 Å². The fourth-order valence-electron chi connectivity index (χ4n) is 2.17. The number of aryl methyl sites for hydroxylation is 1. The molecule has 3 aromatic rings. The third-order valence-electron chi connectivity index (χ3n) is 3.05. The molecule has 0 aliphatic rings. The van der Waals surface area contributed by atoms with Crippen LogP contribution < -0.4 is 0 Å². The maximum absolute atomic E-state index is 6.24. The van der Waals surface area contributed by atoms with Gasteiger partial charge in [-0.05, 0) is 37.6 Å². The number of halogens is 1. The first kappa shape index (κ1) is 13.0. The number of imidazole rings is 1. The topological polar surface area (TPSA) is 56.5 Å². The third-order valence-corrected chi connectivity index (χ3v) is 3.25. The van der Waals surface area contributed by atoms with Crippen LogP contribution in [0, 0.1) is 6.92 Å². The van der Waals surface area contributed by atoms with E-state index in [-0.39, 0.29) is 5.38 Å². The minimum absolute atomic E-state index is 0.193. The normalized spacial score (nSPS) is 12.8. The van der Waals surface area contributed by atoms with Crippen molar-refractivity contribution < 1.29 is 0 Å². The number of hydrogen-bond donors (Lipinski definition) is 0. The Labute approximate surface area is 121 Å². The largest absolute Gasteiger partial charge is 0.305 e. The fourth-order valence-corrected chi connectivity index (χ4v) is 2.33. The first-order chi connectivity index (χ1) is 9.65. The van der Waals surface area contributed by atoms with E-state index >= 15 is 0 Å². The van der Waals surface area contributed by atoms with Crippen LogP contribution in [0.3, 0.4) is 0 Å². The van der Waals surface area contributed by atoms with E-state index in [2.05, 4.69) is 20.2 Å². The van der Waals surface area contributed by atoms with Gasteiger partial charge in [-0.1, -0.05) is 0 Å². The predicted octanol–water partition coefficient (Wildman–Crippen LogP) is 2.88. The summed E-state index contributed by atoms with van der Waals surface area (Å²) in [7, 11) is 0. The Morgan fingerprint density at radius 2 is 2.25 bits per heavy atom. The van der Waals surface area contributed by atoms with Gasteiger partial charge in [0.2, 0.25) is 0 Å². The Kier molecular flexibility index (Phi) is 3.36. The lowest BCUT2D eigenvalue weighted by Crippen LogP contribution is -2.08. The minimum atomic E-state index is -0.193. The summed E-state index contributed by atoms with van der Waals surface area (Å²) < 4.78 is 2.00. The molecule has 0 saturated carbocycles. The molecule has 6 heteroatoms. The number of rotatable bonds is 3. The molecule has 0 fully saturated rings. The van der Waals surface area contributed by atoms with Crippen molar-refractivity contribution in [3.05, 3.63) is 47.7 Å². The summed E-state index contributed by atoms with van der Waals surface area (Å²) in [5.41, 5.74) is 3.61. The molecule has 0 aliphatic heterocycles. The number of aromatic nitrogens is 5. The summed E-state index contributed by atoms with van der Waals surface area (Å²) in [4.78, 5) is 9.06. The molecule has 102 valence electrons. The zero-order chi connectivity index (χ0) is 14.1. The zero-order valence-electron chi connectivity index (χ0n) is 11.3. The average Bonchev–Trinajstić information content (AvgIpc) is 2.78. The number of alkyl halides is 1. The van der Waals surface area contributed by atoms with Gasteiger partial charge < -0.3 is 4.57 Å². The van der Waals surface area contributed by atoms with Gasteiger partial charge in [-0.25, -0.2) is 9.97 Å². The Hall–Kier alpha value is -2.01. The highest BCUT2D eigenvalue weighted by molar-refractivity contribution is 6.20. The van der Waals surface area contributed by atoms with Gasteiger partial charge in [0.15, 0.2) is 5.65 Å². The molecule has 0 radical (unpaired) electrons. The van der Waals surface area contributed by atoms with Crippen LogP contribution >= 0.6 is 11.6 Å². The SMILES string of the molecule is Cc1cnc2c(c1)nc(C(C)Cl)n2Cc1cccnn1. The number of nitrogens with zero attached hydrogens (tertiary/aromatic N) is 5. The second-order valence-corrected chi connectivity index (χ2v) is 5.40. The summed E-state index contributed by atoms with van der Waals surface area (Å²) >= 11 is 6.24. The molecule has 0 aliphatic carbocycles. The van der Waals surface area contributed by atoms with Crippen molar-refractivity contribution in [3.8, 4) is 0 Å². The van der Waals surface area contributed by atoms with E-state index in [1.54, 1.807) is 6.20 Å². The van der Waals surface area contributed by atoms with E-state index < -0.39 is 0 Å². The molecule has 20 heavy (non-hydrogen) atoms. The molecule has 3 rings (SSSR count). The number of fused-ring (bicyclic) bond motifs is 1. The number of hydrogen-bond acceptors (Lipinski definition) is 4. The summed E-state index contributed by atoms with van der Waals surface area (Å²) in [5, 5.41) is 7.81. The maximum atomic E-state index is 6.24. The Balaban J connectivity index is 2.14. The van der Waals surface area contributed by atoms with Gasteiger partial charge in [-0.3, -0.25) is 0 Å². The van der Waals surface area contributed by atoms with Crippen molar-refractivity contribution in [2.24, 2.45) is 0 Å². The Bertz CT molecular complexity index is 736. The molecule has 0 amide bonds. The first-order valence-corrected chi connectivity index (χ1v) is 6.82. The first-order valence-electron chi connectivity index (χ1n) is 6.38. The van der Waals surface area contributed by atoms with E-state index in [9.17, 15) is 0 Å². The fraction of sp³-hybridized carbons (Fsp3) is 0.286. The van der Waals surface area contributed by atoms with Gasteiger partial charge in [-0.15, -0.1) is 11.6 Å². The molecule has 3 aromatic heterocycles. The highest BCUT2D eigenvalue weighted by atomic mass is 35.5. The molecule has 0 bridgehead atoms. The lowest BCUT2D eigenvalue weighted by atomic mass is 10.3. The van der Waals surface area contributed by atoms with Crippen molar-refractivity contribution in [1.29, 1.82) is 0 Å². The van der Waals surface area contributed by atoms with Crippen molar-refractivity contribution in [3.63, 3.8) is 0 Å². The highest BCUT2D eigenvalue weighted by Gasteiger charge is 2.16. The van der Waals surface area contributed by atoms with Gasteiger partial charge in [-0.2, -0.15) is 10.2 Å². The number of pyridine rings is 1. The van der Waals surface area contributed by atoms with Crippen LogP contribution in [0.5, 0.6) is 0 Å². The lowest BCUT2D eigenvalue weighted by molar-refractivity contribution is 0.709. The van der Waals surface area contributed by atoms with E-state index in [0.717, 1.165) is 28.2 Å². The summed E-state index contributed by atoms with van der Waals surface area (Å²) in [6, 6.07) is 5.80. The predicted molar refractivity (Wildman–Crippen MR) is 77.7 cm³/mol. The summed E-state index contributed by atoms with van der Waals surface area (Å²) in [6.45, 7) is 4.47. The van der Waals surface area contributed by atoms with Crippen LogP contribution in [-0.4, -0.2) is 24.7 Å². The Morgan fingerprint density at radius 3 is 2.95 bits per heavy atom. The molecule has 3 heterocycles. The van der Waals surface area contributed by atoms with E-state index in [4.69, 9.17) is 11.6 Å². The van der Waals surface area contributed by atoms with Crippen LogP contribution in [0.2, 0.25) is 0 Å². The Morgan fingerprint density at radius 1 is 1.40 bits per heavy atom. The molecular formula is C14H14ClN5. The molecule has 1 atom stereocenters. The van der Waals surface area contributed by atoms with E-state index in [1.165, 1.54) is 0 Å². The van der Waals surface area contributed by atoms with Gasteiger partial charge in [0.05, 0.1) is 17.6 Å². The smallest absolute Gasteiger partial charge is 0.160 e. The summed E-state index contributed by atoms with van der Waals surface area (Å²) in [5.74, 6) is 0.797. The maximum Gasteiger partial charge on any atom is 0.160 e. The molecule has 1 unspecified atom stereocenters. The van der Waals surface area contributed by atoms with Crippen molar-refractivity contribution in [2.45, 2.75) is 25.8 Å². The lowest BCUT2D eigenvalue weighted by Gasteiger charge is -2.08. The van der Waals surface area contributed by atoms with Crippen LogP contribution in [0.15, 0.2) is 30.6 Å². The molecule has 0 aromatic carbocycles. The minimum Gasteiger partial charge on any atom is -0.305 e. The van der Waals surface area contributed by atoms with Gasteiger partial charge in [0.25, 0.3) is 0 Å². The second kappa shape index (κ2) is 5.17. The van der Waals surface area contributed by atoms with E-state index in [1.807, 2.05) is 42.8 Å².